The van der Waals surface area contributed by atoms with Crippen LogP contribution in [0.2, 0.25) is 0 Å². The summed E-state index contributed by atoms with van der Waals surface area (Å²) in [7, 11) is 0. The second kappa shape index (κ2) is 4.16. The zero-order valence-corrected chi connectivity index (χ0v) is 11.3. The number of ketones is 1. The van der Waals surface area contributed by atoms with Crippen molar-refractivity contribution in [3.05, 3.63) is 0 Å². The van der Waals surface area contributed by atoms with Crippen LogP contribution in [0.15, 0.2) is 0 Å². The lowest BCUT2D eigenvalue weighted by molar-refractivity contribution is -0.139. The molecule has 0 heterocycles. The number of carbonyl (C=O) groups is 1. The molecule has 0 N–H and O–H groups in total. The zero-order valence-electron chi connectivity index (χ0n) is 11.3. The topological polar surface area (TPSA) is 17.1 Å². The van der Waals surface area contributed by atoms with Gasteiger partial charge < -0.3 is 0 Å². The van der Waals surface area contributed by atoms with Gasteiger partial charge in [0.25, 0.3) is 0 Å². The fourth-order valence-corrected chi connectivity index (χ4v) is 4.01. The second-order valence-corrected chi connectivity index (χ2v) is 6.77. The molecule has 92 valence electrons. The summed E-state index contributed by atoms with van der Waals surface area (Å²) < 4.78 is 0. The number of hydrogen-bond acceptors (Lipinski definition) is 1. The van der Waals surface area contributed by atoms with E-state index in [1.165, 1.54) is 19.3 Å². The predicted molar refractivity (Wildman–Crippen MR) is 67.2 cm³/mol. The van der Waals surface area contributed by atoms with Gasteiger partial charge in [-0.25, -0.2) is 0 Å². The molecule has 0 radical (unpaired) electrons. The molecular weight excluding hydrogens is 196 g/mol. The highest BCUT2D eigenvalue weighted by atomic mass is 16.1. The average molecular weight is 222 g/mol. The third-order valence-electron chi connectivity index (χ3n) is 5.55. The number of hydrogen-bond donors (Lipinski definition) is 0. The van der Waals surface area contributed by atoms with Gasteiger partial charge in [0.15, 0.2) is 0 Å². The Labute approximate surface area is 100.0 Å². The maximum absolute atomic E-state index is 12.3. The van der Waals surface area contributed by atoms with Crippen molar-refractivity contribution in [1.29, 1.82) is 0 Å². The van der Waals surface area contributed by atoms with Crippen molar-refractivity contribution in [3.8, 4) is 0 Å². The molecule has 0 bridgehead atoms. The second-order valence-electron chi connectivity index (χ2n) is 6.77. The largest absolute Gasteiger partial charge is 0.299 e. The summed E-state index contributed by atoms with van der Waals surface area (Å²) in [5.41, 5.74) is 0.308. The van der Waals surface area contributed by atoms with Crippen molar-refractivity contribution in [1.82, 2.24) is 0 Å². The maximum atomic E-state index is 12.3. The molecule has 2 aliphatic carbocycles. The third kappa shape index (κ3) is 1.83. The van der Waals surface area contributed by atoms with Crippen molar-refractivity contribution in [2.24, 2.45) is 29.1 Å². The fourth-order valence-electron chi connectivity index (χ4n) is 4.01. The Balaban J connectivity index is 2.24. The molecular formula is C15H26O. The lowest BCUT2D eigenvalue weighted by Gasteiger charge is -2.51. The average Bonchev–Trinajstić information content (AvgIpc) is 2.20. The molecule has 0 amide bonds. The van der Waals surface area contributed by atoms with E-state index in [1.807, 2.05) is 0 Å². The molecule has 1 heteroatoms. The predicted octanol–water partition coefficient (Wildman–Crippen LogP) is 4.06. The van der Waals surface area contributed by atoms with Crippen molar-refractivity contribution < 1.29 is 4.79 Å². The molecule has 4 atom stereocenters. The van der Waals surface area contributed by atoms with Crippen LogP contribution < -0.4 is 0 Å². The Bertz CT molecular complexity index is 281. The first-order valence-corrected chi connectivity index (χ1v) is 6.98. The van der Waals surface area contributed by atoms with Gasteiger partial charge in [-0.3, -0.25) is 4.79 Å². The van der Waals surface area contributed by atoms with Crippen molar-refractivity contribution in [3.63, 3.8) is 0 Å². The molecule has 16 heavy (non-hydrogen) atoms. The fraction of sp³-hybridized carbons (Fsp3) is 0.933. The summed E-state index contributed by atoms with van der Waals surface area (Å²) in [6, 6.07) is 0. The summed E-state index contributed by atoms with van der Waals surface area (Å²) in [4.78, 5) is 12.3. The van der Waals surface area contributed by atoms with E-state index in [0.717, 1.165) is 18.8 Å². The van der Waals surface area contributed by atoms with E-state index in [9.17, 15) is 4.79 Å². The highest BCUT2D eigenvalue weighted by molar-refractivity contribution is 5.83. The molecule has 2 fully saturated rings. The Morgan fingerprint density at radius 2 is 2.00 bits per heavy atom. The van der Waals surface area contributed by atoms with Gasteiger partial charge in [0.05, 0.1) is 0 Å². The molecule has 0 aromatic rings. The van der Waals surface area contributed by atoms with Gasteiger partial charge in [-0.05, 0) is 36.0 Å². The first-order valence-electron chi connectivity index (χ1n) is 6.98. The highest BCUT2D eigenvalue weighted by Crippen LogP contribution is 2.54. The van der Waals surface area contributed by atoms with Crippen molar-refractivity contribution in [2.45, 2.75) is 59.8 Å². The minimum Gasteiger partial charge on any atom is -0.299 e. The van der Waals surface area contributed by atoms with E-state index in [0.29, 0.717) is 29.0 Å². The lowest BCUT2D eigenvalue weighted by atomic mass is 9.52. The van der Waals surface area contributed by atoms with Crippen LogP contribution >= 0.6 is 0 Å². The van der Waals surface area contributed by atoms with Gasteiger partial charge in [-0.15, -0.1) is 0 Å². The van der Waals surface area contributed by atoms with Gasteiger partial charge in [0, 0.05) is 12.3 Å². The van der Waals surface area contributed by atoms with E-state index in [2.05, 4.69) is 27.7 Å². The molecule has 1 nitrogen and oxygen atoms in total. The molecule has 2 aliphatic rings. The summed E-state index contributed by atoms with van der Waals surface area (Å²) in [6.07, 6.45) is 5.88. The smallest absolute Gasteiger partial charge is 0.136 e. The van der Waals surface area contributed by atoms with Gasteiger partial charge in [0.1, 0.15) is 5.78 Å². The molecule has 0 aliphatic heterocycles. The van der Waals surface area contributed by atoms with Crippen LogP contribution in [0.3, 0.4) is 0 Å². The zero-order chi connectivity index (χ0) is 11.9. The SMILES string of the molecule is CC(C)[C@@H]1CC(=O)[C@H]2CCC[C@H](C)[C@@]2(C)C1. The van der Waals surface area contributed by atoms with E-state index in [-0.39, 0.29) is 0 Å². The Kier molecular flexibility index (Phi) is 3.16. The standard InChI is InChI=1S/C15H26O/c1-10(2)12-8-14(16)13-7-5-6-11(3)15(13,4)9-12/h10-13H,5-9H2,1-4H3/t11-,12+,13+,15+/m0/s1. The van der Waals surface area contributed by atoms with Crippen LogP contribution in [-0.2, 0) is 4.79 Å². The van der Waals surface area contributed by atoms with E-state index >= 15 is 0 Å². The summed E-state index contributed by atoms with van der Waals surface area (Å²) in [6.45, 7) is 9.29. The summed E-state index contributed by atoms with van der Waals surface area (Å²) >= 11 is 0. The van der Waals surface area contributed by atoms with Crippen LogP contribution in [0.25, 0.3) is 0 Å². The Morgan fingerprint density at radius 1 is 1.31 bits per heavy atom. The van der Waals surface area contributed by atoms with Gasteiger partial charge in [0.2, 0.25) is 0 Å². The molecule has 0 spiro atoms. The first-order chi connectivity index (χ1) is 7.45. The third-order valence-corrected chi connectivity index (χ3v) is 5.55. The van der Waals surface area contributed by atoms with E-state index in [4.69, 9.17) is 0 Å². The van der Waals surface area contributed by atoms with Gasteiger partial charge in [-0.1, -0.05) is 40.5 Å². The monoisotopic (exact) mass is 222 g/mol. The molecule has 0 aromatic carbocycles. The molecule has 2 rings (SSSR count). The summed E-state index contributed by atoms with van der Waals surface area (Å²) in [5.74, 6) is 2.98. The van der Waals surface area contributed by atoms with Crippen LogP contribution in [0.1, 0.15) is 59.8 Å². The van der Waals surface area contributed by atoms with Crippen LogP contribution in [0, 0.1) is 29.1 Å². The van der Waals surface area contributed by atoms with Crippen LogP contribution in [0.4, 0.5) is 0 Å². The van der Waals surface area contributed by atoms with Gasteiger partial charge in [-0.2, -0.15) is 0 Å². The van der Waals surface area contributed by atoms with Crippen LogP contribution in [0.5, 0.6) is 0 Å². The molecule has 0 aromatic heterocycles. The maximum Gasteiger partial charge on any atom is 0.136 e. The van der Waals surface area contributed by atoms with Gasteiger partial charge >= 0.3 is 0 Å². The van der Waals surface area contributed by atoms with E-state index in [1.54, 1.807) is 0 Å². The molecule has 0 saturated heterocycles. The number of fused-ring (bicyclic) bond motifs is 1. The number of rotatable bonds is 1. The Hall–Kier alpha value is -0.330. The molecule has 0 unspecified atom stereocenters. The summed E-state index contributed by atoms with van der Waals surface area (Å²) in [5, 5.41) is 0. The van der Waals surface area contributed by atoms with Crippen molar-refractivity contribution in [2.75, 3.05) is 0 Å². The minimum atomic E-state index is 0.308. The quantitative estimate of drug-likeness (QED) is 0.654. The first kappa shape index (κ1) is 12.1. The van der Waals surface area contributed by atoms with Crippen LogP contribution in [-0.4, -0.2) is 5.78 Å². The Morgan fingerprint density at radius 3 is 2.62 bits per heavy atom. The number of Topliss-reactive ketones (excluding diaryl/α,β-unsaturated/α-hetero) is 1. The highest BCUT2D eigenvalue weighted by Gasteiger charge is 2.49. The minimum absolute atomic E-state index is 0.308. The van der Waals surface area contributed by atoms with Crippen molar-refractivity contribution >= 4 is 5.78 Å². The number of carbonyl (C=O) groups excluding carboxylic acids is 1. The lowest BCUT2D eigenvalue weighted by Crippen LogP contribution is -2.48. The van der Waals surface area contributed by atoms with E-state index < -0.39 is 0 Å². The molecule has 2 saturated carbocycles. The normalized spacial score (nSPS) is 44.6.